The summed E-state index contributed by atoms with van der Waals surface area (Å²) >= 11 is 0. The highest BCUT2D eigenvalue weighted by atomic mass is 16.6. The fourth-order valence-electron chi connectivity index (χ4n) is 2.56. The van der Waals surface area contributed by atoms with Crippen molar-refractivity contribution < 1.29 is 30.3 Å². The Morgan fingerprint density at radius 2 is 1.63 bits per heavy atom. The highest BCUT2D eigenvalue weighted by molar-refractivity contribution is 5.64. The standard InChI is InChI=1S/C11H19N5O2.C6H3N3O7.H2O/c1-9-10(15-8-14-9)5-3-4-6-13-11(12-2)7-16(17)18;10-6-4(8(13)14)1-3(7(11)12)2-5(6)9(15)16;/h7-8,12-13H,3-6H2,1-2H3,(H,14,15);1-2,10H;1H2/b11-7+;;. The highest BCUT2D eigenvalue weighted by Crippen LogP contribution is 2.38. The monoisotopic (exact) mass is 500 g/mol. The number of aryl methyl sites for hydroxylation is 2. The molecule has 0 aliphatic rings. The maximum Gasteiger partial charge on any atom is 0.324 e. The Balaban J connectivity index is 0.000000646. The molecule has 1 heterocycles. The SMILES string of the molecule is CN/C(=C\[N+](=O)[O-])NCCCCc1nc[nH]c1C.O.O=[N+]([O-])c1cc([N+](=O)[O-])c(O)c([N+](=O)[O-])c1. The number of non-ortho nitro benzene ring substituents is 1. The number of aromatic hydroxyl groups is 1. The van der Waals surface area contributed by atoms with Crippen LogP contribution >= 0.6 is 0 Å². The summed E-state index contributed by atoms with van der Waals surface area (Å²) in [4.78, 5) is 44.8. The van der Waals surface area contributed by atoms with Gasteiger partial charge in [-0.3, -0.25) is 40.5 Å². The molecule has 0 fully saturated rings. The molecule has 0 aliphatic carbocycles. The second-order valence-electron chi connectivity index (χ2n) is 6.54. The van der Waals surface area contributed by atoms with Crippen LogP contribution in [0.25, 0.3) is 0 Å². The van der Waals surface area contributed by atoms with Crippen LogP contribution in [-0.4, -0.2) is 53.8 Å². The number of aromatic amines is 1. The number of nitro groups is 4. The summed E-state index contributed by atoms with van der Waals surface area (Å²) < 4.78 is 0. The van der Waals surface area contributed by atoms with Crippen molar-refractivity contribution in [2.45, 2.75) is 26.2 Å². The predicted molar refractivity (Wildman–Crippen MR) is 120 cm³/mol. The lowest BCUT2D eigenvalue weighted by Crippen LogP contribution is -2.25. The van der Waals surface area contributed by atoms with Gasteiger partial charge in [-0.15, -0.1) is 0 Å². The zero-order valence-electron chi connectivity index (χ0n) is 18.6. The van der Waals surface area contributed by atoms with Gasteiger partial charge in [-0.05, 0) is 26.2 Å². The Bertz CT molecular complexity index is 1050. The van der Waals surface area contributed by atoms with Crippen LogP contribution in [-0.2, 0) is 6.42 Å². The molecule has 0 aliphatic heterocycles. The van der Waals surface area contributed by atoms with E-state index in [2.05, 4.69) is 20.6 Å². The van der Waals surface area contributed by atoms with E-state index < -0.39 is 42.5 Å². The number of unbranched alkanes of at least 4 members (excludes halogenated alkanes) is 1. The Labute approximate surface area is 196 Å². The van der Waals surface area contributed by atoms with E-state index in [0.29, 0.717) is 24.5 Å². The summed E-state index contributed by atoms with van der Waals surface area (Å²) in [7, 11) is 1.65. The van der Waals surface area contributed by atoms with E-state index in [4.69, 9.17) is 5.11 Å². The molecule has 2 rings (SSSR count). The number of nitro benzene ring substituents is 3. The van der Waals surface area contributed by atoms with Crippen LogP contribution < -0.4 is 10.6 Å². The van der Waals surface area contributed by atoms with Crippen molar-refractivity contribution in [3.05, 3.63) is 82.3 Å². The van der Waals surface area contributed by atoms with Crippen molar-refractivity contribution in [1.29, 1.82) is 0 Å². The summed E-state index contributed by atoms with van der Waals surface area (Å²) in [5, 5.41) is 56.2. The van der Waals surface area contributed by atoms with Gasteiger partial charge in [0.1, 0.15) is 0 Å². The fourth-order valence-corrected chi connectivity index (χ4v) is 2.56. The lowest BCUT2D eigenvalue weighted by molar-refractivity contribution is -0.404. The minimum Gasteiger partial charge on any atom is -0.497 e. The van der Waals surface area contributed by atoms with E-state index in [1.54, 1.807) is 13.4 Å². The lowest BCUT2D eigenvalue weighted by atomic mass is 10.1. The quantitative estimate of drug-likeness (QED) is 0.192. The minimum absolute atomic E-state index is 0. The summed E-state index contributed by atoms with van der Waals surface area (Å²) in [6.45, 7) is 2.70. The van der Waals surface area contributed by atoms with Crippen LogP contribution in [0, 0.1) is 47.4 Å². The number of H-pyrrole nitrogens is 1. The first kappa shape index (κ1) is 30.1. The van der Waals surface area contributed by atoms with Crippen molar-refractivity contribution in [3.8, 4) is 5.75 Å². The van der Waals surface area contributed by atoms with Gasteiger partial charge >= 0.3 is 11.4 Å². The lowest BCUT2D eigenvalue weighted by Gasteiger charge is -2.07. The second kappa shape index (κ2) is 14.3. The smallest absolute Gasteiger partial charge is 0.324 e. The number of imidazole rings is 1. The molecule has 0 saturated carbocycles. The molecule has 6 N–H and O–H groups in total. The van der Waals surface area contributed by atoms with Crippen molar-refractivity contribution >= 4 is 17.1 Å². The summed E-state index contributed by atoms with van der Waals surface area (Å²) in [6.07, 6.45) is 5.47. The number of nitrogens with one attached hydrogen (secondary N) is 3. The second-order valence-corrected chi connectivity index (χ2v) is 6.54. The molecule has 0 unspecified atom stereocenters. The topological polar surface area (TPSA) is 277 Å². The van der Waals surface area contributed by atoms with Gasteiger partial charge in [0.05, 0.1) is 43.8 Å². The molecule has 0 spiro atoms. The van der Waals surface area contributed by atoms with Crippen molar-refractivity contribution in [2.24, 2.45) is 0 Å². The van der Waals surface area contributed by atoms with E-state index in [-0.39, 0.29) is 5.48 Å². The Morgan fingerprint density at radius 1 is 1.06 bits per heavy atom. The largest absolute Gasteiger partial charge is 0.497 e. The third-order valence-corrected chi connectivity index (χ3v) is 4.25. The van der Waals surface area contributed by atoms with Crippen molar-refractivity contribution in [3.63, 3.8) is 0 Å². The number of nitrogens with zero attached hydrogens (tertiary/aromatic N) is 5. The van der Waals surface area contributed by atoms with Crippen LogP contribution in [0.4, 0.5) is 17.1 Å². The van der Waals surface area contributed by atoms with Gasteiger partial charge in [-0.1, -0.05) is 0 Å². The van der Waals surface area contributed by atoms with Crippen molar-refractivity contribution in [2.75, 3.05) is 13.6 Å². The molecular weight excluding hydrogens is 476 g/mol. The molecule has 192 valence electrons. The van der Waals surface area contributed by atoms with Gasteiger partial charge in [-0.2, -0.15) is 0 Å². The Kier molecular flexibility index (Phi) is 12.3. The molecule has 0 bridgehead atoms. The van der Waals surface area contributed by atoms with Crippen LogP contribution in [0.1, 0.15) is 24.2 Å². The summed E-state index contributed by atoms with van der Waals surface area (Å²) in [5.41, 5.74) is -0.810. The molecule has 0 amide bonds. The van der Waals surface area contributed by atoms with Crippen LogP contribution in [0.2, 0.25) is 0 Å². The first-order chi connectivity index (χ1) is 16.0. The number of hydrogen-bond acceptors (Lipinski definition) is 12. The number of phenolic OH excluding ortho intramolecular Hbond substituents is 1. The molecule has 0 saturated heterocycles. The third-order valence-electron chi connectivity index (χ3n) is 4.25. The Hall–Kier alpha value is -4.87. The van der Waals surface area contributed by atoms with E-state index in [1.165, 1.54) is 0 Å². The fraction of sp³-hybridized carbons (Fsp3) is 0.353. The average Bonchev–Trinajstić information content (AvgIpc) is 3.17. The van der Waals surface area contributed by atoms with Gasteiger partial charge in [0.2, 0.25) is 0 Å². The molecular formula is C17H24N8O10. The number of hydrogen-bond donors (Lipinski definition) is 4. The first-order valence-corrected chi connectivity index (χ1v) is 9.53. The van der Waals surface area contributed by atoms with E-state index in [9.17, 15) is 40.5 Å². The minimum atomic E-state index is -1.21. The average molecular weight is 500 g/mol. The molecule has 18 nitrogen and oxygen atoms in total. The van der Waals surface area contributed by atoms with E-state index >= 15 is 0 Å². The molecule has 0 atom stereocenters. The first-order valence-electron chi connectivity index (χ1n) is 9.53. The molecule has 18 heteroatoms. The van der Waals surface area contributed by atoms with Crippen molar-refractivity contribution in [1.82, 2.24) is 20.6 Å². The molecule has 35 heavy (non-hydrogen) atoms. The summed E-state index contributed by atoms with van der Waals surface area (Å²) in [5.74, 6) is -0.781. The summed E-state index contributed by atoms with van der Waals surface area (Å²) in [6, 6.07) is 0.894. The van der Waals surface area contributed by atoms with Gasteiger partial charge in [-0.25, -0.2) is 4.98 Å². The number of benzene rings is 1. The zero-order chi connectivity index (χ0) is 25.8. The van der Waals surface area contributed by atoms with Gasteiger partial charge < -0.3 is 26.2 Å². The molecule has 0 radical (unpaired) electrons. The maximum atomic E-state index is 10.4. The van der Waals surface area contributed by atoms with Crippen LogP contribution in [0.5, 0.6) is 5.75 Å². The van der Waals surface area contributed by atoms with Gasteiger partial charge in [0, 0.05) is 19.3 Å². The number of rotatable bonds is 11. The number of phenols is 1. The Morgan fingerprint density at radius 3 is 2.03 bits per heavy atom. The zero-order valence-corrected chi connectivity index (χ0v) is 18.6. The third kappa shape index (κ3) is 9.65. The predicted octanol–water partition coefficient (Wildman–Crippen LogP) is 1.22. The van der Waals surface area contributed by atoms with Crippen LogP contribution in [0.3, 0.4) is 0 Å². The molecule has 1 aromatic heterocycles. The molecule has 1 aromatic carbocycles. The number of aromatic nitrogens is 2. The highest BCUT2D eigenvalue weighted by Gasteiger charge is 2.30. The van der Waals surface area contributed by atoms with Crippen LogP contribution in [0.15, 0.2) is 30.5 Å². The maximum absolute atomic E-state index is 10.4. The van der Waals surface area contributed by atoms with E-state index in [0.717, 1.165) is 36.9 Å². The van der Waals surface area contributed by atoms with E-state index in [1.807, 2.05) is 6.92 Å². The molecule has 2 aromatic rings. The van der Waals surface area contributed by atoms with Gasteiger partial charge in [0.25, 0.3) is 17.6 Å². The van der Waals surface area contributed by atoms with Gasteiger partial charge in [0.15, 0.2) is 5.82 Å². The normalized spacial score (nSPS) is 10.3.